The average molecular weight is 472 g/mol. The van der Waals surface area contributed by atoms with Crippen LogP contribution in [-0.4, -0.2) is 40.8 Å². The minimum absolute atomic E-state index is 0.0902. The molecule has 3 rings (SSSR count). The van der Waals surface area contributed by atoms with Gasteiger partial charge in [0.1, 0.15) is 0 Å². The summed E-state index contributed by atoms with van der Waals surface area (Å²) in [5, 5.41) is 3.14. The van der Waals surface area contributed by atoms with Crippen LogP contribution in [0.25, 0.3) is 11.3 Å². The third-order valence-corrected chi connectivity index (χ3v) is 6.42. The summed E-state index contributed by atoms with van der Waals surface area (Å²) in [5.74, 6) is 0.284. The van der Waals surface area contributed by atoms with Gasteiger partial charge in [0.15, 0.2) is 0 Å². The second-order valence-electron chi connectivity index (χ2n) is 7.93. The first-order valence-electron chi connectivity index (χ1n) is 10.8. The maximum Gasteiger partial charge on any atom is 0.253 e. The van der Waals surface area contributed by atoms with Crippen molar-refractivity contribution >= 4 is 27.7 Å². The molecule has 0 spiro atoms. The summed E-state index contributed by atoms with van der Waals surface area (Å²) in [7, 11) is 0. The second kappa shape index (κ2) is 10.2. The fourth-order valence-corrected chi connectivity index (χ4v) is 4.41. The highest BCUT2D eigenvalue weighted by Gasteiger charge is 2.27. The number of hydrogen-bond donors (Lipinski definition) is 1. The smallest absolute Gasteiger partial charge is 0.253 e. The molecular formula is C24H30BrN3O2. The van der Waals surface area contributed by atoms with Gasteiger partial charge in [-0.1, -0.05) is 41.9 Å². The Bertz CT molecular complexity index is 903. The molecule has 30 heavy (non-hydrogen) atoms. The lowest BCUT2D eigenvalue weighted by atomic mass is 9.98. The largest absolute Gasteiger partial charge is 0.349 e. The lowest BCUT2D eigenvalue weighted by molar-refractivity contribution is -0.136. The van der Waals surface area contributed by atoms with Crippen LogP contribution in [0.4, 0.5) is 0 Å². The Labute approximate surface area is 187 Å². The molecule has 0 unspecified atom stereocenters. The van der Waals surface area contributed by atoms with Gasteiger partial charge in [-0.15, -0.1) is 0 Å². The van der Waals surface area contributed by atoms with E-state index in [-0.39, 0.29) is 23.8 Å². The van der Waals surface area contributed by atoms with E-state index in [1.165, 1.54) is 0 Å². The van der Waals surface area contributed by atoms with Crippen molar-refractivity contribution in [3.05, 3.63) is 52.1 Å². The maximum atomic E-state index is 12.8. The number of hydrogen-bond acceptors (Lipinski definition) is 3. The number of halogens is 1. The first kappa shape index (κ1) is 22.5. The number of piperidine rings is 1. The molecule has 2 heterocycles. The molecule has 2 amide bonds. The van der Waals surface area contributed by atoms with Crippen molar-refractivity contribution in [2.75, 3.05) is 13.1 Å². The molecule has 1 aromatic heterocycles. The number of nitrogens with one attached hydrogen (secondary N) is 1. The molecule has 6 heteroatoms. The minimum atomic E-state index is -0.0921. The molecule has 1 aliphatic heterocycles. The van der Waals surface area contributed by atoms with Gasteiger partial charge in [0, 0.05) is 35.1 Å². The summed E-state index contributed by atoms with van der Waals surface area (Å²) in [6.45, 7) is 7.42. The van der Waals surface area contributed by atoms with Crippen molar-refractivity contribution in [2.24, 2.45) is 5.92 Å². The number of amides is 2. The number of carbonyl (C=O) groups is 2. The van der Waals surface area contributed by atoms with Gasteiger partial charge in [-0.2, -0.15) is 0 Å². The van der Waals surface area contributed by atoms with Crippen LogP contribution >= 0.6 is 15.9 Å². The fourth-order valence-electron chi connectivity index (χ4n) is 4.01. The summed E-state index contributed by atoms with van der Waals surface area (Å²) in [6.07, 6.45) is 3.35. The molecule has 0 aliphatic carbocycles. The molecule has 5 nitrogen and oxygen atoms in total. The van der Waals surface area contributed by atoms with Crippen LogP contribution in [0.1, 0.15) is 55.6 Å². The number of pyridine rings is 1. The number of carbonyl (C=O) groups excluding carboxylic acids is 2. The van der Waals surface area contributed by atoms with Gasteiger partial charge in [-0.05, 0) is 56.9 Å². The van der Waals surface area contributed by atoms with E-state index < -0.39 is 0 Å². The fraction of sp³-hybridized carbons (Fsp3) is 0.458. The number of likely N-dealkylation sites (tertiary alicyclic amines) is 1. The van der Waals surface area contributed by atoms with Crippen LogP contribution in [0.3, 0.4) is 0 Å². The van der Waals surface area contributed by atoms with Gasteiger partial charge >= 0.3 is 0 Å². The van der Waals surface area contributed by atoms with Gasteiger partial charge in [0.05, 0.1) is 17.0 Å². The van der Waals surface area contributed by atoms with E-state index in [1.54, 1.807) is 0 Å². The molecule has 0 atom stereocenters. The number of nitrogens with zero attached hydrogens (tertiary/aromatic N) is 2. The first-order valence-corrected chi connectivity index (χ1v) is 11.6. The van der Waals surface area contributed by atoms with Crippen LogP contribution in [0.5, 0.6) is 0 Å². The summed E-state index contributed by atoms with van der Waals surface area (Å²) in [6, 6.07) is 11.8. The summed E-state index contributed by atoms with van der Waals surface area (Å²) in [5.41, 5.74) is 3.17. The molecule has 2 aromatic rings. The lowest BCUT2D eigenvalue weighted by Crippen LogP contribution is -2.48. The highest BCUT2D eigenvalue weighted by Crippen LogP contribution is 2.23. The summed E-state index contributed by atoms with van der Waals surface area (Å²) < 4.78 is 0.996. The summed E-state index contributed by atoms with van der Waals surface area (Å²) in [4.78, 5) is 32.0. The van der Waals surface area contributed by atoms with E-state index in [0.717, 1.165) is 41.4 Å². The van der Waals surface area contributed by atoms with Gasteiger partial charge in [-0.25, -0.2) is 0 Å². The minimum Gasteiger partial charge on any atom is -0.349 e. The standard InChI is InChI=1S/C24H30BrN3O2/c1-4-17(5-2)24(30)28-13-11-20(12-14-28)27-23(29)21-9-10-22(26-16(21)3)18-7-6-8-19(25)15-18/h6-10,15,17,20H,4-5,11-14H2,1-3H3,(H,27,29). The molecule has 160 valence electrons. The van der Waals surface area contributed by atoms with Crippen LogP contribution in [0.2, 0.25) is 0 Å². The van der Waals surface area contributed by atoms with Crippen LogP contribution in [-0.2, 0) is 4.79 Å². The molecular weight excluding hydrogens is 442 g/mol. The molecule has 1 aliphatic rings. The Hall–Kier alpha value is -2.21. The van der Waals surface area contributed by atoms with E-state index in [2.05, 4.69) is 40.1 Å². The van der Waals surface area contributed by atoms with E-state index in [1.807, 2.05) is 48.2 Å². The Morgan fingerprint density at radius 3 is 2.47 bits per heavy atom. The number of rotatable bonds is 6. The van der Waals surface area contributed by atoms with Gasteiger partial charge in [0.25, 0.3) is 5.91 Å². The molecule has 1 N–H and O–H groups in total. The number of aromatic nitrogens is 1. The third-order valence-electron chi connectivity index (χ3n) is 5.93. The van der Waals surface area contributed by atoms with Crippen LogP contribution in [0.15, 0.2) is 40.9 Å². The zero-order valence-electron chi connectivity index (χ0n) is 18.0. The van der Waals surface area contributed by atoms with Crippen molar-refractivity contribution in [3.8, 4) is 11.3 Å². The van der Waals surface area contributed by atoms with E-state index in [0.29, 0.717) is 24.3 Å². The molecule has 0 bridgehead atoms. The highest BCUT2D eigenvalue weighted by atomic mass is 79.9. The van der Waals surface area contributed by atoms with E-state index in [9.17, 15) is 9.59 Å². The van der Waals surface area contributed by atoms with Crippen molar-refractivity contribution in [2.45, 2.75) is 52.5 Å². The molecule has 1 fully saturated rings. The van der Waals surface area contributed by atoms with Crippen molar-refractivity contribution in [1.29, 1.82) is 0 Å². The van der Waals surface area contributed by atoms with Gasteiger partial charge < -0.3 is 10.2 Å². The predicted molar refractivity (Wildman–Crippen MR) is 123 cm³/mol. The van der Waals surface area contributed by atoms with Gasteiger partial charge in [-0.3, -0.25) is 14.6 Å². The second-order valence-corrected chi connectivity index (χ2v) is 8.84. The number of benzene rings is 1. The highest BCUT2D eigenvalue weighted by molar-refractivity contribution is 9.10. The Kier molecular flexibility index (Phi) is 7.64. The third kappa shape index (κ3) is 5.28. The molecule has 0 radical (unpaired) electrons. The zero-order valence-corrected chi connectivity index (χ0v) is 19.5. The molecule has 1 aromatic carbocycles. The monoisotopic (exact) mass is 471 g/mol. The average Bonchev–Trinajstić information content (AvgIpc) is 2.75. The quantitative estimate of drug-likeness (QED) is 0.646. The molecule has 0 saturated carbocycles. The Balaban J connectivity index is 1.60. The van der Waals surface area contributed by atoms with Crippen LogP contribution in [0, 0.1) is 12.8 Å². The number of aryl methyl sites for hydroxylation is 1. The van der Waals surface area contributed by atoms with E-state index >= 15 is 0 Å². The SMILES string of the molecule is CCC(CC)C(=O)N1CCC(NC(=O)c2ccc(-c3cccc(Br)c3)nc2C)CC1. The van der Waals surface area contributed by atoms with E-state index in [4.69, 9.17) is 0 Å². The lowest BCUT2D eigenvalue weighted by Gasteiger charge is -2.34. The predicted octanol–water partition coefficient (Wildman–Crippen LogP) is 4.98. The molecule has 1 saturated heterocycles. The van der Waals surface area contributed by atoms with Gasteiger partial charge in [0.2, 0.25) is 5.91 Å². The normalized spacial score (nSPS) is 14.8. The first-order chi connectivity index (χ1) is 14.4. The van der Waals surface area contributed by atoms with Crippen LogP contribution < -0.4 is 5.32 Å². The maximum absolute atomic E-state index is 12.8. The topological polar surface area (TPSA) is 62.3 Å². The Morgan fingerprint density at radius 2 is 1.87 bits per heavy atom. The Morgan fingerprint density at radius 1 is 1.17 bits per heavy atom. The van der Waals surface area contributed by atoms with Crippen molar-refractivity contribution in [3.63, 3.8) is 0 Å². The zero-order chi connectivity index (χ0) is 21.7. The van der Waals surface area contributed by atoms with Crippen molar-refractivity contribution in [1.82, 2.24) is 15.2 Å². The van der Waals surface area contributed by atoms with Crippen molar-refractivity contribution < 1.29 is 9.59 Å². The summed E-state index contributed by atoms with van der Waals surface area (Å²) >= 11 is 3.48.